The van der Waals surface area contributed by atoms with Crippen LogP contribution >= 0.6 is 11.8 Å². The van der Waals surface area contributed by atoms with E-state index in [9.17, 15) is 9.90 Å². The number of hydrogen-bond donors (Lipinski definition) is 2. The largest absolute Gasteiger partial charge is 0.497 e. The van der Waals surface area contributed by atoms with Crippen LogP contribution in [0.2, 0.25) is 0 Å². The lowest BCUT2D eigenvalue weighted by atomic mass is 9.99. The molecular weight excluding hydrogens is 262 g/mol. The molecule has 0 radical (unpaired) electrons. The summed E-state index contributed by atoms with van der Waals surface area (Å²) in [6.07, 6.45) is 0.576. The van der Waals surface area contributed by atoms with E-state index in [1.807, 2.05) is 31.2 Å². The molecule has 0 aliphatic carbocycles. The fourth-order valence-electron chi connectivity index (χ4n) is 1.71. The maximum absolute atomic E-state index is 11.2. The lowest BCUT2D eigenvalue weighted by Crippen LogP contribution is -2.49. The number of thioether (sulfide) groups is 1. The summed E-state index contributed by atoms with van der Waals surface area (Å²) in [5.41, 5.74) is -0.853. The van der Waals surface area contributed by atoms with Gasteiger partial charge in [0.15, 0.2) is 0 Å². The van der Waals surface area contributed by atoms with Crippen molar-refractivity contribution in [3.8, 4) is 5.75 Å². The summed E-state index contributed by atoms with van der Waals surface area (Å²) in [5, 5.41) is 12.3. The van der Waals surface area contributed by atoms with Gasteiger partial charge in [0.2, 0.25) is 0 Å². The Morgan fingerprint density at radius 1 is 1.42 bits per heavy atom. The number of carbonyl (C=O) groups is 1. The summed E-state index contributed by atoms with van der Waals surface area (Å²) in [7, 11) is 1.64. The molecule has 1 atom stereocenters. The number of rotatable bonds is 8. The average Bonchev–Trinajstić information content (AvgIpc) is 2.39. The molecule has 0 fully saturated rings. The summed E-state index contributed by atoms with van der Waals surface area (Å²) in [6, 6.07) is 7.77. The van der Waals surface area contributed by atoms with Crippen LogP contribution in [0.5, 0.6) is 5.75 Å². The Balaban J connectivity index is 2.49. The van der Waals surface area contributed by atoms with Crippen LogP contribution in [0.25, 0.3) is 0 Å². The highest BCUT2D eigenvalue weighted by Gasteiger charge is 2.31. The Hall–Kier alpha value is -1.20. The summed E-state index contributed by atoms with van der Waals surface area (Å²) in [4.78, 5) is 12.4. The molecule has 1 aromatic rings. The second-order valence-corrected chi connectivity index (χ2v) is 5.61. The van der Waals surface area contributed by atoms with Gasteiger partial charge in [0.25, 0.3) is 0 Å². The van der Waals surface area contributed by atoms with Crippen molar-refractivity contribution in [2.45, 2.75) is 30.7 Å². The van der Waals surface area contributed by atoms with E-state index in [-0.39, 0.29) is 0 Å². The Labute approximate surface area is 118 Å². The molecule has 1 aromatic carbocycles. The summed E-state index contributed by atoms with van der Waals surface area (Å²) in [6.45, 7) is 4.29. The maximum atomic E-state index is 11.2. The van der Waals surface area contributed by atoms with Crippen LogP contribution in [-0.2, 0) is 4.79 Å². The highest BCUT2D eigenvalue weighted by Crippen LogP contribution is 2.24. The fourth-order valence-corrected chi connectivity index (χ4v) is 2.78. The molecule has 0 heterocycles. The van der Waals surface area contributed by atoms with Gasteiger partial charge in [-0.2, -0.15) is 0 Å². The van der Waals surface area contributed by atoms with Crippen molar-refractivity contribution in [2.75, 3.05) is 19.4 Å². The molecule has 0 amide bonds. The minimum atomic E-state index is -0.853. The van der Waals surface area contributed by atoms with Gasteiger partial charge in [0.1, 0.15) is 11.3 Å². The Morgan fingerprint density at radius 3 is 2.53 bits per heavy atom. The molecule has 19 heavy (non-hydrogen) atoms. The Morgan fingerprint density at radius 2 is 2.05 bits per heavy atom. The monoisotopic (exact) mass is 283 g/mol. The van der Waals surface area contributed by atoms with Crippen LogP contribution in [0, 0.1) is 0 Å². The topological polar surface area (TPSA) is 58.6 Å². The number of benzene rings is 1. The van der Waals surface area contributed by atoms with Gasteiger partial charge >= 0.3 is 5.97 Å². The fraction of sp³-hybridized carbons (Fsp3) is 0.500. The van der Waals surface area contributed by atoms with Gasteiger partial charge in [-0.15, -0.1) is 11.8 Å². The maximum Gasteiger partial charge on any atom is 0.323 e. The first-order valence-electron chi connectivity index (χ1n) is 6.27. The highest BCUT2D eigenvalue weighted by atomic mass is 32.2. The Kier molecular flexibility index (Phi) is 6.18. The predicted octanol–water partition coefficient (Wildman–Crippen LogP) is 2.63. The first-order valence-corrected chi connectivity index (χ1v) is 7.25. The third kappa shape index (κ3) is 4.76. The van der Waals surface area contributed by atoms with Crippen LogP contribution in [0.15, 0.2) is 29.2 Å². The molecule has 0 saturated heterocycles. The quantitative estimate of drug-likeness (QED) is 0.718. The molecule has 4 nitrogen and oxygen atoms in total. The number of hydrogen-bond acceptors (Lipinski definition) is 4. The van der Waals surface area contributed by atoms with Gasteiger partial charge in [0.05, 0.1) is 7.11 Å². The average molecular weight is 283 g/mol. The molecule has 2 N–H and O–H groups in total. The molecule has 1 rings (SSSR count). The van der Waals surface area contributed by atoms with Gasteiger partial charge in [0, 0.05) is 10.6 Å². The van der Waals surface area contributed by atoms with E-state index in [2.05, 4.69) is 5.32 Å². The molecule has 106 valence electrons. The minimum Gasteiger partial charge on any atom is -0.497 e. The van der Waals surface area contributed by atoms with Crippen molar-refractivity contribution < 1.29 is 14.6 Å². The van der Waals surface area contributed by atoms with E-state index >= 15 is 0 Å². The van der Waals surface area contributed by atoms with Crippen molar-refractivity contribution in [1.29, 1.82) is 0 Å². The SMILES string of the molecule is CCNC(C)(CCSc1ccc(OC)cc1)C(=O)O. The molecule has 1 unspecified atom stereocenters. The van der Waals surface area contributed by atoms with Gasteiger partial charge in [-0.25, -0.2) is 0 Å². The Bertz CT molecular complexity index is 408. The third-order valence-corrected chi connectivity index (χ3v) is 3.98. The van der Waals surface area contributed by atoms with Crippen molar-refractivity contribution in [3.63, 3.8) is 0 Å². The minimum absolute atomic E-state index is 0.576. The van der Waals surface area contributed by atoms with Crippen LogP contribution < -0.4 is 10.1 Å². The van der Waals surface area contributed by atoms with Gasteiger partial charge in [-0.3, -0.25) is 4.79 Å². The standard InChI is InChI=1S/C14H21NO3S/c1-4-15-14(2,13(16)17)9-10-19-12-7-5-11(18-3)6-8-12/h5-8,15H,4,9-10H2,1-3H3,(H,16,17). The van der Waals surface area contributed by atoms with E-state index in [4.69, 9.17) is 4.74 Å². The van der Waals surface area contributed by atoms with E-state index in [0.717, 1.165) is 16.4 Å². The number of aliphatic carboxylic acids is 1. The molecule has 0 saturated carbocycles. The van der Waals surface area contributed by atoms with Crippen molar-refractivity contribution in [3.05, 3.63) is 24.3 Å². The second kappa shape index (κ2) is 7.40. The van der Waals surface area contributed by atoms with Gasteiger partial charge in [-0.05, 0) is 44.2 Å². The molecular formula is C14H21NO3S. The molecule has 0 bridgehead atoms. The number of ether oxygens (including phenoxy) is 1. The number of nitrogens with one attached hydrogen (secondary N) is 1. The van der Waals surface area contributed by atoms with E-state index in [1.54, 1.807) is 25.8 Å². The number of likely N-dealkylation sites (N-methyl/N-ethyl adjacent to an activating group) is 1. The van der Waals surface area contributed by atoms with Crippen molar-refractivity contribution in [2.24, 2.45) is 0 Å². The van der Waals surface area contributed by atoms with Crippen LogP contribution in [0.4, 0.5) is 0 Å². The molecule has 0 aliphatic rings. The first-order chi connectivity index (χ1) is 9.01. The second-order valence-electron chi connectivity index (χ2n) is 4.44. The highest BCUT2D eigenvalue weighted by molar-refractivity contribution is 7.99. The van der Waals surface area contributed by atoms with Crippen LogP contribution in [-0.4, -0.2) is 36.0 Å². The molecule has 0 spiro atoms. The molecule has 5 heteroatoms. The number of methoxy groups -OCH3 is 1. The lowest BCUT2D eigenvalue weighted by molar-refractivity contribution is -0.144. The van der Waals surface area contributed by atoms with E-state index in [0.29, 0.717) is 13.0 Å². The van der Waals surface area contributed by atoms with Crippen LogP contribution in [0.3, 0.4) is 0 Å². The molecule has 0 aliphatic heterocycles. The zero-order valence-corrected chi connectivity index (χ0v) is 12.4. The van der Waals surface area contributed by atoms with E-state index in [1.165, 1.54) is 0 Å². The summed E-state index contributed by atoms with van der Waals surface area (Å²) < 4.78 is 5.09. The summed E-state index contributed by atoms with van der Waals surface area (Å²) >= 11 is 1.65. The van der Waals surface area contributed by atoms with Crippen LogP contribution in [0.1, 0.15) is 20.3 Å². The number of carboxylic acids is 1. The third-order valence-electron chi connectivity index (χ3n) is 2.97. The van der Waals surface area contributed by atoms with Crippen molar-refractivity contribution >= 4 is 17.7 Å². The number of carboxylic acid groups (broad SMARTS) is 1. The zero-order valence-electron chi connectivity index (χ0n) is 11.6. The van der Waals surface area contributed by atoms with E-state index < -0.39 is 11.5 Å². The van der Waals surface area contributed by atoms with Gasteiger partial charge in [-0.1, -0.05) is 6.92 Å². The predicted molar refractivity (Wildman–Crippen MR) is 78.1 cm³/mol. The first kappa shape index (κ1) is 15.9. The van der Waals surface area contributed by atoms with Gasteiger partial charge < -0.3 is 15.2 Å². The summed E-state index contributed by atoms with van der Waals surface area (Å²) in [5.74, 6) is 0.777. The smallest absolute Gasteiger partial charge is 0.323 e. The molecule has 0 aromatic heterocycles. The zero-order chi connectivity index (χ0) is 14.3. The van der Waals surface area contributed by atoms with Crippen molar-refractivity contribution in [1.82, 2.24) is 5.32 Å². The normalized spacial score (nSPS) is 13.8. The lowest BCUT2D eigenvalue weighted by Gasteiger charge is -2.25.